The molecule has 5 nitrogen and oxygen atoms in total. The Labute approximate surface area is 101 Å². The average molecular weight is 237 g/mol. The molecule has 1 fully saturated rings. The molecule has 0 unspecified atom stereocenters. The van der Waals surface area contributed by atoms with Gasteiger partial charge in [-0.15, -0.1) is 0 Å². The molecule has 1 amide bonds. The molecule has 1 aromatic rings. The monoisotopic (exact) mass is 237 g/mol. The maximum absolute atomic E-state index is 12.3. The zero-order valence-electron chi connectivity index (χ0n) is 10.6. The molecule has 94 valence electrons. The number of aromatic amines is 1. The number of amides is 1. The number of likely N-dealkylation sites (tertiary alicyclic amines) is 1. The summed E-state index contributed by atoms with van der Waals surface area (Å²) in [6.07, 6.45) is 2.13. The molecule has 1 aromatic heterocycles. The summed E-state index contributed by atoms with van der Waals surface area (Å²) in [5.74, 6) is 0.0864. The van der Waals surface area contributed by atoms with Gasteiger partial charge in [-0.25, -0.2) is 0 Å². The van der Waals surface area contributed by atoms with Gasteiger partial charge in [-0.3, -0.25) is 9.89 Å². The number of aryl methyl sites for hydroxylation is 2. The zero-order valence-corrected chi connectivity index (χ0v) is 10.6. The Morgan fingerprint density at radius 1 is 1.41 bits per heavy atom. The molecule has 2 heterocycles. The Bertz CT molecular complexity index is 386. The van der Waals surface area contributed by atoms with Crippen molar-refractivity contribution in [2.75, 3.05) is 20.2 Å². The number of carbonyl (C=O) groups excluding carboxylic acids is 1. The summed E-state index contributed by atoms with van der Waals surface area (Å²) in [7, 11) is 1.73. The van der Waals surface area contributed by atoms with Crippen molar-refractivity contribution in [3.05, 3.63) is 17.0 Å². The van der Waals surface area contributed by atoms with Crippen LogP contribution in [-0.4, -0.2) is 47.3 Å². The van der Waals surface area contributed by atoms with Crippen molar-refractivity contribution < 1.29 is 9.53 Å². The lowest BCUT2D eigenvalue weighted by molar-refractivity contribution is 0.0350. The maximum Gasteiger partial charge on any atom is 0.257 e. The van der Waals surface area contributed by atoms with Crippen molar-refractivity contribution in [1.29, 1.82) is 0 Å². The highest BCUT2D eigenvalue weighted by Gasteiger charge is 2.26. The Hall–Kier alpha value is -1.36. The first-order valence-electron chi connectivity index (χ1n) is 5.97. The molecule has 1 aliphatic rings. The lowest BCUT2D eigenvalue weighted by Gasteiger charge is -2.31. The van der Waals surface area contributed by atoms with E-state index >= 15 is 0 Å². The average Bonchev–Trinajstić information content (AvgIpc) is 2.68. The van der Waals surface area contributed by atoms with Crippen LogP contribution in [0.2, 0.25) is 0 Å². The summed E-state index contributed by atoms with van der Waals surface area (Å²) < 4.78 is 5.30. The minimum Gasteiger partial charge on any atom is -0.381 e. The van der Waals surface area contributed by atoms with E-state index in [-0.39, 0.29) is 5.91 Å². The minimum absolute atomic E-state index is 0.0864. The second-order valence-corrected chi connectivity index (χ2v) is 4.54. The number of hydrogen-bond acceptors (Lipinski definition) is 3. The van der Waals surface area contributed by atoms with Crippen LogP contribution in [0.1, 0.15) is 34.6 Å². The third kappa shape index (κ3) is 2.34. The predicted molar refractivity (Wildman–Crippen MR) is 64.0 cm³/mol. The van der Waals surface area contributed by atoms with E-state index < -0.39 is 0 Å². The van der Waals surface area contributed by atoms with Gasteiger partial charge in [0.15, 0.2) is 0 Å². The second-order valence-electron chi connectivity index (χ2n) is 4.54. The molecule has 0 aromatic carbocycles. The molecule has 0 saturated carbocycles. The van der Waals surface area contributed by atoms with Gasteiger partial charge in [0.05, 0.1) is 17.4 Å². The molecule has 0 aliphatic carbocycles. The van der Waals surface area contributed by atoms with Crippen molar-refractivity contribution >= 4 is 5.91 Å². The smallest absolute Gasteiger partial charge is 0.257 e. The fourth-order valence-corrected chi connectivity index (χ4v) is 2.32. The Balaban J connectivity index is 2.07. The minimum atomic E-state index is 0.0864. The number of methoxy groups -OCH3 is 1. The van der Waals surface area contributed by atoms with Crippen molar-refractivity contribution in [2.45, 2.75) is 32.8 Å². The number of hydrogen-bond donors (Lipinski definition) is 1. The van der Waals surface area contributed by atoms with E-state index in [0.29, 0.717) is 6.10 Å². The first kappa shape index (κ1) is 12.1. The normalized spacial score (nSPS) is 17.5. The number of ether oxygens (including phenoxy) is 1. The number of aromatic nitrogens is 2. The fraction of sp³-hybridized carbons (Fsp3) is 0.667. The Morgan fingerprint density at radius 2 is 2.06 bits per heavy atom. The Morgan fingerprint density at radius 3 is 2.53 bits per heavy atom. The van der Waals surface area contributed by atoms with Crippen molar-refractivity contribution in [3.63, 3.8) is 0 Å². The van der Waals surface area contributed by atoms with Crippen LogP contribution in [0, 0.1) is 13.8 Å². The summed E-state index contributed by atoms with van der Waals surface area (Å²) in [5.41, 5.74) is 2.35. The summed E-state index contributed by atoms with van der Waals surface area (Å²) >= 11 is 0. The molecular formula is C12H19N3O2. The zero-order chi connectivity index (χ0) is 12.4. The summed E-state index contributed by atoms with van der Waals surface area (Å²) in [4.78, 5) is 14.2. The highest BCUT2D eigenvalue weighted by atomic mass is 16.5. The van der Waals surface area contributed by atoms with E-state index in [1.807, 2.05) is 18.7 Å². The molecule has 2 rings (SSSR count). The first-order valence-corrected chi connectivity index (χ1v) is 5.97. The first-order chi connectivity index (χ1) is 8.13. The van der Waals surface area contributed by atoms with Crippen LogP contribution in [0.15, 0.2) is 0 Å². The molecule has 17 heavy (non-hydrogen) atoms. The van der Waals surface area contributed by atoms with Crippen LogP contribution in [0.25, 0.3) is 0 Å². The molecule has 1 aliphatic heterocycles. The largest absolute Gasteiger partial charge is 0.381 e. The van der Waals surface area contributed by atoms with Crippen molar-refractivity contribution in [2.24, 2.45) is 0 Å². The number of H-pyrrole nitrogens is 1. The fourth-order valence-electron chi connectivity index (χ4n) is 2.32. The van der Waals surface area contributed by atoms with E-state index in [4.69, 9.17) is 4.74 Å². The lowest BCUT2D eigenvalue weighted by atomic mass is 10.1. The molecule has 0 bridgehead atoms. The second kappa shape index (κ2) is 4.87. The maximum atomic E-state index is 12.3. The van der Waals surface area contributed by atoms with Gasteiger partial charge in [0.2, 0.25) is 0 Å². The van der Waals surface area contributed by atoms with Crippen LogP contribution in [0.4, 0.5) is 0 Å². The summed E-state index contributed by atoms with van der Waals surface area (Å²) in [5, 5.41) is 6.92. The van der Waals surface area contributed by atoms with Gasteiger partial charge in [0, 0.05) is 25.9 Å². The third-order valence-corrected chi connectivity index (χ3v) is 3.40. The van der Waals surface area contributed by atoms with Crippen LogP contribution < -0.4 is 0 Å². The van der Waals surface area contributed by atoms with Crippen LogP contribution >= 0.6 is 0 Å². The van der Waals surface area contributed by atoms with Gasteiger partial charge in [-0.1, -0.05) is 0 Å². The van der Waals surface area contributed by atoms with Gasteiger partial charge in [0.1, 0.15) is 0 Å². The molecule has 0 atom stereocenters. The quantitative estimate of drug-likeness (QED) is 0.843. The standard InChI is InChI=1S/C12H19N3O2/c1-8-11(9(2)14-13-8)12(16)15-6-4-10(17-3)5-7-15/h10H,4-7H2,1-3H3,(H,13,14). The lowest BCUT2D eigenvalue weighted by Crippen LogP contribution is -2.40. The number of nitrogens with zero attached hydrogens (tertiary/aromatic N) is 2. The molecule has 0 radical (unpaired) electrons. The van der Waals surface area contributed by atoms with E-state index in [0.717, 1.165) is 42.9 Å². The molecule has 5 heteroatoms. The van der Waals surface area contributed by atoms with E-state index in [9.17, 15) is 4.79 Å². The van der Waals surface area contributed by atoms with Gasteiger partial charge < -0.3 is 9.64 Å². The summed E-state index contributed by atoms with van der Waals surface area (Å²) in [6.45, 7) is 5.27. The van der Waals surface area contributed by atoms with Crippen molar-refractivity contribution in [1.82, 2.24) is 15.1 Å². The van der Waals surface area contributed by atoms with Gasteiger partial charge in [0.25, 0.3) is 5.91 Å². The molecule has 1 N–H and O–H groups in total. The molecule has 0 spiro atoms. The van der Waals surface area contributed by atoms with E-state index in [1.165, 1.54) is 0 Å². The van der Waals surface area contributed by atoms with Crippen LogP contribution in [0.5, 0.6) is 0 Å². The highest BCUT2D eigenvalue weighted by Crippen LogP contribution is 2.18. The number of rotatable bonds is 2. The van der Waals surface area contributed by atoms with Crippen molar-refractivity contribution in [3.8, 4) is 0 Å². The number of piperidine rings is 1. The molecular weight excluding hydrogens is 218 g/mol. The van der Waals surface area contributed by atoms with E-state index in [2.05, 4.69) is 10.2 Å². The van der Waals surface area contributed by atoms with Crippen LogP contribution in [0.3, 0.4) is 0 Å². The Kier molecular flexibility index (Phi) is 3.47. The number of carbonyl (C=O) groups is 1. The molecule has 1 saturated heterocycles. The van der Waals surface area contributed by atoms with Crippen LogP contribution in [-0.2, 0) is 4.74 Å². The topological polar surface area (TPSA) is 58.2 Å². The van der Waals surface area contributed by atoms with Gasteiger partial charge in [-0.05, 0) is 26.7 Å². The number of nitrogens with one attached hydrogen (secondary N) is 1. The highest BCUT2D eigenvalue weighted by molar-refractivity contribution is 5.96. The third-order valence-electron chi connectivity index (χ3n) is 3.40. The summed E-state index contributed by atoms with van der Waals surface area (Å²) in [6, 6.07) is 0. The van der Waals surface area contributed by atoms with Gasteiger partial charge in [-0.2, -0.15) is 5.10 Å². The SMILES string of the molecule is COC1CCN(C(=O)c2c(C)n[nH]c2C)CC1. The van der Waals surface area contributed by atoms with Gasteiger partial charge >= 0.3 is 0 Å². The predicted octanol–water partition coefficient (Wildman–Crippen LogP) is 1.28. The van der Waals surface area contributed by atoms with E-state index in [1.54, 1.807) is 7.11 Å².